The van der Waals surface area contributed by atoms with Crippen LogP contribution >= 0.6 is 0 Å². The summed E-state index contributed by atoms with van der Waals surface area (Å²) in [6, 6.07) is 0. The van der Waals surface area contributed by atoms with Crippen molar-refractivity contribution in [2.45, 2.75) is 316 Å². The quantitative estimate of drug-likeness (QED) is 0.0262. The maximum atomic E-state index is 12.8. The number of hydrogen-bond donors (Lipinski definition) is 0. The van der Waals surface area contributed by atoms with E-state index in [-0.39, 0.29) is 31.1 Å². The summed E-state index contributed by atoms with van der Waals surface area (Å²) in [6.07, 6.45) is 61.6. The standard InChI is InChI=1S/C58H108O6/c1-4-7-10-13-16-19-22-25-27-29-31-33-36-39-42-45-48-51-57(60)63-54-55(53-62-56(59)50-47-44-41-38-35-24-21-18-15-12-9-6-3)64-58(61)52-49-46-43-40-37-34-32-30-28-26-23-20-17-14-11-8-5-2/h16,19,25,27,55H,4-15,17-18,20-24,26,28-54H2,1-3H3/b19-16-,27-25-. The van der Waals surface area contributed by atoms with Gasteiger partial charge in [-0.2, -0.15) is 0 Å². The number of unbranched alkanes of at least 4 members (excludes halogenated alkanes) is 37. The zero-order chi connectivity index (χ0) is 46.5. The third-order valence-electron chi connectivity index (χ3n) is 12.7. The molecule has 0 aliphatic rings. The molecule has 0 aliphatic heterocycles. The molecule has 6 nitrogen and oxygen atoms in total. The largest absolute Gasteiger partial charge is 0.462 e. The second kappa shape index (κ2) is 53.5. The number of carbonyl (C=O) groups is 3. The van der Waals surface area contributed by atoms with E-state index < -0.39 is 6.10 Å². The molecule has 0 radical (unpaired) electrons. The zero-order valence-electron chi connectivity index (χ0n) is 43.1. The van der Waals surface area contributed by atoms with Crippen LogP contribution in [0.25, 0.3) is 0 Å². The van der Waals surface area contributed by atoms with Crippen LogP contribution in [0.3, 0.4) is 0 Å². The van der Waals surface area contributed by atoms with Crippen LogP contribution in [0.15, 0.2) is 24.3 Å². The van der Waals surface area contributed by atoms with E-state index in [2.05, 4.69) is 45.1 Å². The lowest BCUT2D eigenvalue weighted by atomic mass is 10.0. The molecule has 0 spiro atoms. The van der Waals surface area contributed by atoms with Gasteiger partial charge in [-0.15, -0.1) is 0 Å². The summed E-state index contributed by atoms with van der Waals surface area (Å²) in [5.41, 5.74) is 0. The second-order valence-electron chi connectivity index (χ2n) is 19.2. The molecule has 1 unspecified atom stereocenters. The normalized spacial score (nSPS) is 12.1. The van der Waals surface area contributed by atoms with Gasteiger partial charge in [-0.1, -0.05) is 263 Å². The van der Waals surface area contributed by atoms with Crippen LogP contribution in [0.5, 0.6) is 0 Å². The molecule has 64 heavy (non-hydrogen) atoms. The molecule has 0 fully saturated rings. The highest BCUT2D eigenvalue weighted by Crippen LogP contribution is 2.17. The van der Waals surface area contributed by atoms with Crippen LogP contribution < -0.4 is 0 Å². The van der Waals surface area contributed by atoms with Crippen LogP contribution in [0.1, 0.15) is 310 Å². The molecule has 0 aromatic carbocycles. The molecular formula is C58H108O6. The molecule has 0 heterocycles. The molecule has 0 rings (SSSR count). The summed E-state index contributed by atoms with van der Waals surface area (Å²) in [4.78, 5) is 38.1. The highest BCUT2D eigenvalue weighted by Gasteiger charge is 2.19. The molecule has 0 aliphatic carbocycles. The smallest absolute Gasteiger partial charge is 0.306 e. The van der Waals surface area contributed by atoms with Gasteiger partial charge in [0.05, 0.1) is 0 Å². The van der Waals surface area contributed by atoms with E-state index in [1.807, 2.05) is 0 Å². The lowest BCUT2D eigenvalue weighted by molar-refractivity contribution is -0.167. The predicted molar refractivity (Wildman–Crippen MR) is 275 cm³/mol. The minimum absolute atomic E-state index is 0.0683. The first-order chi connectivity index (χ1) is 31.5. The van der Waals surface area contributed by atoms with Gasteiger partial charge in [0.2, 0.25) is 0 Å². The Morgan fingerprint density at radius 3 is 0.891 bits per heavy atom. The van der Waals surface area contributed by atoms with Crippen molar-refractivity contribution in [2.75, 3.05) is 13.2 Å². The average molecular weight is 901 g/mol. The molecule has 6 heteroatoms. The van der Waals surface area contributed by atoms with E-state index in [1.54, 1.807) is 0 Å². The third-order valence-corrected chi connectivity index (χ3v) is 12.7. The highest BCUT2D eigenvalue weighted by atomic mass is 16.6. The van der Waals surface area contributed by atoms with Crippen LogP contribution in [0.4, 0.5) is 0 Å². The number of carbonyl (C=O) groups excluding carboxylic acids is 3. The van der Waals surface area contributed by atoms with E-state index in [0.717, 1.165) is 70.6 Å². The van der Waals surface area contributed by atoms with Gasteiger partial charge in [0.1, 0.15) is 13.2 Å². The van der Waals surface area contributed by atoms with Crippen molar-refractivity contribution >= 4 is 17.9 Å². The van der Waals surface area contributed by atoms with Gasteiger partial charge in [0.15, 0.2) is 6.10 Å². The van der Waals surface area contributed by atoms with Gasteiger partial charge in [0.25, 0.3) is 0 Å². The van der Waals surface area contributed by atoms with Crippen molar-refractivity contribution in [1.29, 1.82) is 0 Å². The molecule has 0 aromatic rings. The van der Waals surface area contributed by atoms with Gasteiger partial charge in [-0.25, -0.2) is 0 Å². The fourth-order valence-corrected chi connectivity index (χ4v) is 8.42. The maximum absolute atomic E-state index is 12.8. The molecule has 0 saturated carbocycles. The summed E-state index contributed by atoms with van der Waals surface area (Å²) in [5.74, 6) is -0.856. The first-order valence-corrected chi connectivity index (χ1v) is 28.3. The van der Waals surface area contributed by atoms with Crippen molar-refractivity contribution in [3.05, 3.63) is 24.3 Å². The fraction of sp³-hybridized carbons (Fsp3) is 0.879. The van der Waals surface area contributed by atoms with Crippen molar-refractivity contribution in [3.63, 3.8) is 0 Å². The fourth-order valence-electron chi connectivity index (χ4n) is 8.42. The number of rotatable bonds is 52. The van der Waals surface area contributed by atoms with E-state index in [4.69, 9.17) is 14.2 Å². The Labute approximate surface area is 398 Å². The third kappa shape index (κ3) is 50.9. The lowest BCUT2D eigenvalue weighted by Crippen LogP contribution is -2.30. The van der Waals surface area contributed by atoms with Crippen LogP contribution in [-0.4, -0.2) is 37.2 Å². The second-order valence-corrected chi connectivity index (χ2v) is 19.2. The number of esters is 3. The summed E-state index contributed by atoms with van der Waals surface area (Å²) in [5, 5.41) is 0. The molecule has 0 bridgehead atoms. The monoisotopic (exact) mass is 901 g/mol. The number of allylic oxidation sites excluding steroid dienone is 4. The first kappa shape index (κ1) is 61.9. The van der Waals surface area contributed by atoms with Gasteiger partial charge < -0.3 is 14.2 Å². The summed E-state index contributed by atoms with van der Waals surface area (Å²) in [7, 11) is 0. The first-order valence-electron chi connectivity index (χ1n) is 28.3. The van der Waals surface area contributed by atoms with E-state index in [9.17, 15) is 14.4 Å². The van der Waals surface area contributed by atoms with Crippen molar-refractivity contribution in [1.82, 2.24) is 0 Å². The predicted octanol–water partition coefficient (Wildman–Crippen LogP) is 18.7. The summed E-state index contributed by atoms with van der Waals surface area (Å²) >= 11 is 0. The van der Waals surface area contributed by atoms with Crippen molar-refractivity contribution in [3.8, 4) is 0 Å². The van der Waals surface area contributed by atoms with E-state index >= 15 is 0 Å². The number of ether oxygens (including phenoxy) is 3. The highest BCUT2D eigenvalue weighted by molar-refractivity contribution is 5.71. The Bertz CT molecular complexity index is 1040. The molecule has 0 N–H and O–H groups in total. The topological polar surface area (TPSA) is 78.9 Å². The lowest BCUT2D eigenvalue weighted by Gasteiger charge is -2.18. The molecule has 0 aromatic heterocycles. The SMILES string of the molecule is CCCCC/C=C\C/C=C\CCCCCCCCCC(=O)OCC(COC(=O)CCCCCCCCCCCCCC)OC(=O)CCCCCCCCCCCCCCCCCCC. The van der Waals surface area contributed by atoms with E-state index in [1.165, 1.54) is 199 Å². The Balaban J connectivity index is 4.32. The van der Waals surface area contributed by atoms with Crippen molar-refractivity contribution < 1.29 is 28.6 Å². The van der Waals surface area contributed by atoms with Gasteiger partial charge in [-0.05, 0) is 51.4 Å². The van der Waals surface area contributed by atoms with Crippen LogP contribution in [0.2, 0.25) is 0 Å². The molecule has 376 valence electrons. The van der Waals surface area contributed by atoms with Crippen molar-refractivity contribution in [2.24, 2.45) is 0 Å². The molecule has 0 amide bonds. The Kier molecular flexibility index (Phi) is 51.7. The average Bonchev–Trinajstić information content (AvgIpc) is 3.29. The Morgan fingerprint density at radius 1 is 0.312 bits per heavy atom. The molecular weight excluding hydrogens is 793 g/mol. The van der Waals surface area contributed by atoms with Crippen LogP contribution in [-0.2, 0) is 28.6 Å². The van der Waals surface area contributed by atoms with Gasteiger partial charge >= 0.3 is 17.9 Å². The summed E-state index contributed by atoms with van der Waals surface area (Å²) in [6.45, 7) is 6.65. The minimum atomic E-state index is -0.768. The summed E-state index contributed by atoms with van der Waals surface area (Å²) < 4.78 is 16.9. The van der Waals surface area contributed by atoms with Gasteiger partial charge in [-0.3, -0.25) is 14.4 Å². The van der Waals surface area contributed by atoms with E-state index in [0.29, 0.717) is 19.3 Å². The van der Waals surface area contributed by atoms with Crippen LogP contribution in [0, 0.1) is 0 Å². The van der Waals surface area contributed by atoms with Gasteiger partial charge in [0, 0.05) is 19.3 Å². The maximum Gasteiger partial charge on any atom is 0.306 e. The number of hydrogen-bond acceptors (Lipinski definition) is 6. The Morgan fingerprint density at radius 2 is 0.562 bits per heavy atom. The molecule has 0 saturated heterocycles. The Hall–Kier alpha value is -2.11. The minimum Gasteiger partial charge on any atom is -0.462 e. The zero-order valence-corrected chi connectivity index (χ0v) is 43.1. The molecule has 1 atom stereocenters.